The Kier molecular flexibility index (Phi) is 5.66. The van der Waals surface area contributed by atoms with Gasteiger partial charge in [-0.25, -0.2) is 4.79 Å². The summed E-state index contributed by atoms with van der Waals surface area (Å²) in [7, 11) is 1.55. The van der Waals surface area contributed by atoms with E-state index in [2.05, 4.69) is 4.57 Å². The van der Waals surface area contributed by atoms with Gasteiger partial charge >= 0.3 is 5.97 Å². The van der Waals surface area contributed by atoms with E-state index in [0.29, 0.717) is 29.1 Å². The number of carbonyl (C=O) groups excluding carboxylic acids is 1. The predicted molar refractivity (Wildman–Crippen MR) is 119 cm³/mol. The Hall–Kier alpha value is -3.02. The summed E-state index contributed by atoms with van der Waals surface area (Å²) in [5.74, 6) is -0.318. The van der Waals surface area contributed by atoms with Crippen LogP contribution in [0.15, 0.2) is 54.6 Å². The van der Waals surface area contributed by atoms with Gasteiger partial charge in [0.25, 0.3) is 0 Å². The quantitative estimate of drug-likeness (QED) is 0.337. The van der Waals surface area contributed by atoms with Crippen molar-refractivity contribution in [3.63, 3.8) is 0 Å². The van der Waals surface area contributed by atoms with Crippen LogP contribution in [-0.2, 0) is 16.0 Å². The molecule has 154 valence electrons. The van der Waals surface area contributed by atoms with E-state index in [0.717, 1.165) is 27.5 Å². The molecule has 6 heteroatoms. The molecule has 0 bridgehead atoms. The van der Waals surface area contributed by atoms with Crippen LogP contribution in [0.1, 0.15) is 21.6 Å². The number of benzene rings is 3. The highest BCUT2D eigenvalue weighted by molar-refractivity contribution is 6.31. The van der Waals surface area contributed by atoms with Gasteiger partial charge in [-0.2, -0.15) is 0 Å². The molecule has 3 aromatic carbocycles. The molecule has 0 spiro atoms. The monoisotopic (exact) mass is 423 g/mol. The van der Waals surface area contributed by atoms with Crippen LogP contribution < -0.4 is 0 Å². The van der Waals surface area contributed by atoms with Crippen LogP contribution in [0.5, 0.6) is 5.75 Å². The topological polar surface area (TPSA) is 60.7 Å². The summed E-state index contributed by atoms with van der Waals surface area (Å²) in [6.07, 6.45) is 0. The number of ether oxygens (including phenoxy) is 2. The van der Waals surface area contributed by atoms with Gasteiger partial charge in [-0.1, -0.05) is 54.1 Å². The fraction of sp³-hybridized carbons (Fsp3) is 0.208. The molecule has 1 heterocycles. The molecule has 0 fully saturated rings. The van der Waals surface area contributed by atoms with Crippen LogP contribution >= 0.6 is 11.6 Å². The second-order valence-electron chi connectivity index (χ2n) is 7.10. The zero-order valence-corrected chi connectivity index (χ0v) is 17.6. The van der Waals surface area contributed by atoms with E-state index in [1.165, 1.54) is 0 Å². The Morgan fingerprint density at radius 2 is 1.73 bits per heavy atom. The minimum Gasteiger partial charge on any atom is -0.507 e. The van der Waals surface area contributed by atoms with Gasteiger partial charge in [-0.15, -0.1) is 0 Å². The van der Waals surface area contributed by atoms with Crippen molar-refractivity contribution in [1.82, 2.24) is 4.57 Å². The number of methoxy groups -OCH3 is 1. The van der Waals surface area contributed by atoms with E-state index >= 15 is 0 Å². The van der Waals surface area contributed by atoms with E-state index in [1.54, 1.807) is 13.2 Å². The number of phenolic OH excluding ortho intramolecular Hbond substituents is 1. The highest BCUT2D eigenvalue weighted by Crippen LogP contribution is 2.38. The first-order chi connectivity index (χ1) is 14.5. The lowest BCUT2D eigenvalue weighted by atomic mass is 10.0. The molecule has 0 amide bonds. The minimum absolute atomic E-state index is 0.124. The smallest absolute Gasteiger partial charge is 0.340 e. The minimum atomic E-state index is -0.442. The second-order valence-corrected chi connectivity index (χ2v) is 7.51. The van der Waals surface area contributed by atoms with Crippen molar-refractivity contribution < 1.29 is 19.4 Å². The van der Waals surface area contributed by atoms with Crippen molar-refractivity contribution in [2.24, 2.45) is 0 Å². The van der Waals surface area contributed by atoms with Crippen LogP contribution in [0.25, 0.3) is 21.7 Å². The Balaban J connectivity index is 1.97. The summed E-state index contributed by atoms with van der Waals surface area (Å²) in [5, 5.41) is 13.5. The molecule has 0 atom stereocenters. The number of aromatic hydroxyl groups is 1. The van der Waals surface area contributed by atoms with Gasteiger partial charge in [0.1, 0.15) is 12.4 Å². The van der Waals surface area contributed by atoms with Crippen LogP contribution in [0.3, 0.4) is 0 Å². The van der Waals surface area contributed by atoms with Crippen molar-refractivity contribution >= 4 is 39.2 Å². The molecular formula is C24H22ClNO4. The van der Waals surface area contributed by atoms with Gasteiger partial charge in [-0.05, 0) is 24.6 Å². The number of nitrogens with zero attached hydrogens (tertiary/aromatic N) is 1. The van der Waals surface area contributed by atoms with Gasteiger partial charge < -0.3 is 19.1 Å². The predicted octanol–water partition coefficient (Wildman–Crippen LogP) is 5.31. The van der Waals surface area contributed by atoms with Gasteiger partial charge in [0.15, 0.2) is 0 Å². The lowest BCUT2D eigenvalue weighted by Gasteiger charge is -2.12. The molecule has 0 unspecified atom stereocenters. The molecule has 0 aliphatic rings. The Morgan fingerprint density at radius 3 is 2.47 bits per heavy atom. The van der Waals surface area contributed by atoms with Gasteiger partial charge in [0, 0.05) is 40.5 Å². The summed E-state index contributed by atoms with van der Waals surface area (Å²) >= 11 is 6.42. The summed E-state index contributed by atoms with van der Waals surface area (Å²) < 4.78 is 12.5. The van der Waals surface area contributed by atoms with Gasteiger partial charge in [0.2, 0.25) is 0 Å². The molecule has 30 heavy (non-hydrogen) atoms. The van der Waals surface area contributed by atoms with Crippen LogP contribution in [0, 0.1) is 6.92 Å². The molecule has 0 aliphatic carbocycles. The number of carbonyl (C=O) groups is 1. The van der Waals surface area contributed by atoms with Gasteiger partial charge in [-0.3, -0.25) is 0 Å². The van der Waals surface area contributed by atoms with E-state index < -0.39 is 5.97 Å². The number of aromatic nitrogens is 1. The first-order valence-electron chi connectivity index (χ1n) is 9.66. The van der Waals surface area contributed by atoms with E-state index in [1.807, 2.05) is 55.5 Å². The maximum absolute atomic E-state index is 12.9. The summed E-state index contributed by atoms with van der Waals surface area (Å²) in [5.41, 5.74) is 2.99. The maximum Gasteiger partial charge on any atom is 0.340 e. The third kappa shape index (κ3) is 3.51. The lowest BCUT2D eigenvalue weighted by Crippen LogP contribution is -2.11. The summed E-state index contributed by atoms with van der Waals surface area (Å²) in [4.78, 5) is 12.9. The summed E-state index contributed by atoms with van der Waals surface area (Å²) in [6.45, 7) is 2.85. The van der Waals surface area contributed by atoms with E-state index in [9.17, 15) is 9.90 Å². The van der Waals surface area contributed by atoms with Crippen molar-refractivity contribution in [3.8, 4) is 5.75 Å². The fourth-order valence-electron chi connectivity index (χ4n) is 3.86. The lowest BCUT2D eigenvalue weighted by molar-refractivity contribution is 0.0389. The molecule has 0 saturated carbocycles. The molecule has 0 aliphatic heterocycles. The van der Waals surface area contributed by atoms with Crippen molar-refractivity contribution in [3.05, 3.63) is 76.4 Å². The number of hydrogen-bond donors (Lipinski definition) is 1. The van der Waals surface area contributed by atoms with Crippen LogP contribution in [0.4, 0.5) is 0 Å². The zero-order valence-electron chi connectivity index (χ0n) is 16.8. The number of esters is 1. The van der Waals surface area contributed by atoms with E-state index in [-0.39, 0.29) is 12.4 Å². The zero-order chi connectivity index (χ0) is 21.3. The van der Waals surface area contributed by atoms with Crippen molar-refractivity contribution in [2.45, 2.75) is 13.5 Å². The fourth-order valence-corrected chi connectivity index (χ4v) is 4.06. The average molecular weight is 424 g/mol. The number of rotatable bonds is 6. The number of hydrogen-bond acceptors (Lipinski definition) is 4. The van der Waals surface area contributed by atoms with Gasteiger partial charge in [0.05, 0.1) is 17.7 Å². The molecular weight excluding hydrogens is 402 g/mol. The highest BCUT2D eigenvalue weighted by atomic mass is 35.5. The molecule has 0 radical (unpaired) electrons. The van der Waals surface area contributed by atoms with Crippen molar-refractivity contribution in [2.75, 3.05) is 20.3 Å². The number of fused-ring (bicyclic) bond motifs is 3. The van der Waals surface area contributed by atoms with Crippen LogP contribution in [0.2, 0.25) is 5.02 Å². The highest BCUT2D eigenvalue weighted by Gasteiger charge is 2.24. The first kappa shape index (κ1) is 20.3. The second kappa shape index (κ2) is 8.38. The molecule has 1 aromatic heterocycles. The molecule has 1 N–H and O–H groups in total. The molecule has 4 aromatic rings. The van der Waals surface area contributed by atoms with Crippen LogP contribution in [-0.4, -0.2) is 36.0 Å². The molecule has 4 rings (SSSR count). The SMILES string of the molecule is COCCOC(=O)c1c(C)n(Cc2ccccc2Cl)c2c1cc(O)c1ccccc12. The Morgan fingerprint density at radius 1 is 1.03 bits per heavy atom. The third-order valence-corrected chi connectivity index (χ3v) is 5.68. The molecule has 0 saturated heterocycles. The largest absolute Gasteiger partial charge is 0.507 e. The normalized spacial score (nSPS) is 11.3. The Bertz CT molecular complexity index is 1250. The van der Waals surface area contributed by atoms with E-state index in [4.69, 9.17) is 21.1 Å². The number of halogens is 1. The first-order valence-corrected chi connectivity index (χ1v) is 10.0. The standard InChI is InChI=1S/C24H22ClNO4/c1-15-22(24(28)30-12-11-29-2)19-13-21(27)17-8-4-5-9-18(17)23(19)26(15)14-16-7-3-6-10-20(16)25/h3-10,13,27H,11-12,14H2,1-2H3. The molecule has 5 nitrogen and oxygen atoms in total. The summed E-state index contributed by atoms with van der Waals surface area (Å²) in [6, 6.07) is 16.9. The number of phenols is 1. The maximum atomic E-state index is 12.9. The Labute approximate surface area is 179 Å². The average Bonchev–Trinajstić information content (AvgIpc) is 3.01. The third-order valence-electron chi connectivity index (χ3n) is 5.31. The van der Waals surface area contributed by atoms with Crippen molar-refractivity contribution in [1.29, 1.82) is 0 Å².